The number of aromatic nitrogens is 3. The van der Waals surface area contributed by atoms with Gasteiger partial charge in [-0.1, -0.05) is 41.9 Å². The summed E-state index contributed by atoms with van der Waals surface area (Å²) in [6, 6.07) is 12.0. The summed E-state index contributed by atoms with van der Waals surface area (Å²) in [6.07, 6.45) is 2.86. The molecule has 0 aliphatic rings. The zero-order valence-corrected chi connectivity index (χ0v) is 21.0. The van der Waals surface area contributed by atoms with E-state index in [0.29, 0.717) is 16.5 Å². The molecule has 12 heteroatoms. The van der Waals surface area contributed by atoms with Crippen LogP contribution in [-0.4, -0.2) is 61.7 Å². The minimum Gasteiger partial charge on any atom is -0.394 e. The largest absolute Gasteiger partial charge is 0.394 e. The van der Waals surface area contributed by atoms with E-state index in [1.165, 1.54) is 29.2 Å². The van der Waals surface area contributed by atoms with Gasteiger partial charge in [-0.05, 0) is 25.1 Å². The van der Waals surface area contributed by atoms with E-state index in [0.717, 1.165) is 4.90 Å². The number of amides is 3. The van der Waals surface area contributed by atoms with Crippen LogP contribution in [0, 0.1) is 5.82 Å². The fourth-order valence-electron chi connectivity index (χ4n) is 4.01. The van der Waals surface area contributed by atoms with Crippen molar-refractivity contribution in [1.29, 1.82) is 0 Å². The quantitative estimate of drug-likeness (QED) is 0.299. The van der Waals surface area contributed by atoms with Gasteiger partial charge in [0.25, 0.3) is 5.91 Å². The van der Waals surface area contributed by atoms with Gasteiger partial charge in [0.1, 0.15) is 13.1 Å². The topological polar surface area (TPSA) is 143 Å². The lowest BCUT2D eigenvalue weighted by Gasteiger charge is -2.27. The second kappa shape index (κ2) is 11.4. The van der Waals surface area contributed by atoms with Crippen LogP contribution < -0.4 is 11.1 Å². The summed E-state index contributed by atoms with van der Waals surface area (Å²) in [5, 5.41) is 17.1. The van der Waals surface area contributed by atoms with E-state index >= 15 is 4.39 Å². The molecule has 0 bridgehead atoms. The molecule has 1 atom stereocenters. The summed E-state index contributed by atoms with van der Waals surface area (Å²) in [7, 11) is 0. The zero-order valence-electron chi connectivity index (χ0n) is 20.3. The van der Waals surface area contributed by atoms with Crippen LogP contribution in [0.2, 0.25) is 5.02 Å². The van der Waals surface area contributed by atoms with Crippen molar-refractivity contribution < 1.29 is 23.9 Å². The third-order valence-corrected chi connectivity index (χ3v) is 6.24. The molecule has 2 aromatic carbocycles. The van der Waals surface area contributed by atoms with Crippen molar-refractivity contribution in [3.8, 4) is 11.1 Å². The number of rotatable bonds is 9. The fourth-order valence-corrected chi connectivity index (χ4v) is 4.23. The number of nitrogens with one attached hydrogen (secondary N) is 1. The van der Waals surface area contributed by atoms with Crippen molar-refractivity contribution in [2.24, 2.45) is 5.73 Å². The summed E-state index contributed by atoms with van der Waals surface area (Å²) in [5.41, 5.74) is 6.41. The van der Waals surface area contributed by atoms with Crippen LogP contribution in [-0.2, 0) is 16.1 Å². The number of benzene rings is 2. The summed E-state index contributed by atoms with van der Waals surface area (Å²) >= 11 is 6.15. The summed E-state index contributed by atoms with van der Waals surface area (Å²) in [5.74, 6) is -2.68. The molecule has 0 spiro atoms. The lowest BCUT2D eigenvalue weighted by atomic mass is 10.1. The van der Waals surface area contributed by atoms with Gasteiger partial charge in [-0.3, -0.25) is 24.0 Å². The van der Waals surface area contributed by atoms with Crippen molar-refractivity contribution in [1.82, 2.24) is 19.7 Å². The highest BCUT2D eigenvalue weighted by Gasteiger charge is 2.25. The summed E-state index contributed by atoms with van der Waals surface area (Å²) < 4.78 is 16.6. The van der Waals surface area contributed by atoms with E-state index in [9.17, 15) is 19.5 Å². The number of anilines is 1. The zero-order chi connectivity index (χ0) is 27.4. The predicted octanol–water partition coefficient (Wildman–Crippen LogP) is 2.84. The first-order chi connectivity index (χ1) is 18.2. The van der Waals surface area contributed by atoms with Gasteiger partial charge >= 0.3 is 0 Å². The van der Waals surface area contributed by atoms with E-state index in [1.807, 2.05) is 0 Å². The molecule has 0 aliphatic carbocycles. The van der Waals surface area contributed by atoms with Crippen LogP contribution in [0.1, 0.15) is 17.4 Å². The standard InChI is InChI=1S/C26H24ClFN6O4/c1-15(14-35)33(23(37)13-34-21-8-3-2-5-18(21)25(32-34)26(29)38)12-22(36)31-20-7-4-6-17(24(20)28)16-9-10-30-11-19(16)27/h2-11,15,35H,12-14H2,1H3,(H2,29,38)(H,31,36). The third kappa shape index (κ3) is 5.48. The fraction of sp³-hybridized carbons (Fsp3) is 0.192. The first kappa shape index (κ1) is 26.7. The molecule has 38 heavy (non-hydrogen) atoms. The molecule has 0 fully saturated rings. The number of carbonyl (C=O) groups excluding carboxylic acids is 3. The van der Waals surface area contributed by atoms with Gasteiger partial charge in [-0.15, -0.1) is 0 Å². The van der Waals surface area contributed by atoms with Gasteiger partial charge in [-0.25, -0.2) is 4.39 Å². The van der Waals surface area contributed by atoms with E-state index < -0.39 is 42.7 Å². The second-order valence-corrected chi connectivity index (χ2v) is 8.92. The van der Waals surface area contributed by atoms with E-state index in [1.54, 1.807) is 43.3 Å². The van der Waals surface area contributed by atoms with Crippen LogP contribution in [0.5, 0.6) is 0 Å². The molecular weight excluding hydrogens is 515 g/mol. The maximum atomic E-state index is 15.3. The van der Waals surface area contributed by atoms with Gasteiger partial charge in [0.2, 0.25) is 11.8 Å². The number of aliphatic hydroxyl groups excluding tert-OH is 1. The molecule has 4 rings (SSSR count). The summed E-state index contributed by atoms with van der Waals surface area (Å²) in [4.78, 5) is 43.0. The van der Waals surface area contributed by atoms with Crippen LogP contribution in [0.25, 0.3) is 22.0 Å². The van der Waals surface area contributed by atoms with Gasteiger partial charge < -0.3 is 21.1 Å². The van der Waals surface area contributed by atoms with E-state index in [2.05, 4.69) is 15.4 Å². The molecule has 0 saturated heterocycles. The number of pyridine rings is 1. The predicted molar refractivity (Wildman–Crippen MR) is 140 cm³/mol. The Labute approximate surface area is 221 Å². The summed E-state index contributed by atoms with van der Waals surface area (Å²) in [6.45, 7) is 0.349. The highest BCUT2D eigenvalue weighted by Crippen LogP contribution is 2.32. The number of aliphatic hydroxyl groups is 1. The molecule has 4 aromatic rings. The van der Waals surface area contributed by atoms with Crippen molar-refractivity contribution in [2.45, 2.75) is 19.5 Å². The van der Waals surface area contributed by atoms with Crippen LogP contribution in [0.4, 0.5) is 10.1 Å². The number of hydrogen-bond donors (Lipinski definition) is 3. The molecule has 0 radical (unpaired) electrons. The Morgan fingerprint density at radius 2 is 1.92 bits per heavy atom. The van der Waals surface area contributed by atoms with Crippen LogP contribution in [0.3, 0.4) is 0 Å². The molecule has 10 nitrogen and oxygen atoms in total. The molecule has 0 aliphatic heterocycles. The van der Waals surface area contributed by atoms with Crippen molar-refractivity contribution in [3.63, 3.8) is 0 Å². The molecule has 3 amide bonds. The maximum absolute atomic E-state index is 15.3. The number of carbonyl (C=O) groups is 3. The SMILES string of the molecule is CC(CO)N(CC(=O)Nc1cccc(-c2ccncc2Cl)c1F)C(=O)Cn1nc(C(N)=O)c2ccccc21. The first-order valence-corrected chi connectivity index (χ1v) is 11.9. The molecule has 1 unspecified atom stereocenters. The Kier molecular flexibility index (Phi) is 7.99. The number of halogens is 2. The highest BCUT2D eigenvalue weighted by molar-refractivity contribution is 6.33. The van der Waals surface area contributed by atoms with E-state index in [-0.39, 0.29) is 28.5 Å². The number of para-hydroxylation sites is 1. The first-order valence-electron chi connectivity index (χ1n) is 11.5. The van der Waals surface area contributed by atoms with Gasteiger partial charge in [0, 0.05) is 28.9 Å². The number of nitrogens with two attached hydrogens (primary N) is 1. The van der Waals surface area contributed by atoms with Gasteiger partial charge in [0.05, 0.1) is 28.9 Å². The molecule has 4 N–H and O–H groups in total. The average Bonchev–Trinajstić information content (AvgIpc) is 3.27. The Hall–Kier alpha value is -4.35. The smallest absolute Gasteiger partial charge is 0.269 e. The molecule has 2 aromatic heterocycles. The van der Waals surface area contributed by atoms with Crippen molar-refractivity contribution >= 4 is 45.9 Å². The third-order valence-electron chi connectivity index (χ3n) is 5.94. The molecule has 196 valence electrons. The minimum absolute atomic E-state index is 0.0116. The van der Waals surface area contributed by atoms with Crippen molar-refractivity contribution in [3.05, 3.63) is 77.5 Å². The normalized spacial score (nSPS) is 11.8. The number of primary amides is 1. The lowest BCUT2D eigenvalue weighted by Crippen LogP contribution is -2.46. The Morgan fingerprint density at radius 3 is 2.63 bits per heavy atom. The highest BCUT2D eigenvalue weighted by atomic mass is 35.5. The lowest BCUT2D eigenvalue weighted by molar-refractivity contribution is -0.138. The van der Waals surface area contributed by atoms with Gasteiger partial charge in [0.15, 0.2) is 11.5 Å². The Morgan fingerprint density at radius 1 is 1.16 bits per heavy atom. The van der Waals surface area contributed by atoms with Crippen molar-refractivity contribution in [2.75, 3.05) is 18.5 Å². The minimum atomic E-state index is -0.746. The average molecular weight is 539 g/mol. The number of hydrogen-bond acceptors (Lipinski definition) is 6. The van der Waals surface area contributed by atoms with Crippen LogP contribution >= 0.6 is 11.6 Å². The second-order valence-electron chi connectivity index (χ2n) is 8.51. The van der Waals surface area contributed by atoms with Gasteiger partial charge in [-0.2, -0.15) is 5.10 Å². The number of nitrogens with zero attached hydrogens (tertiary/aromatic N) is 4. The van der Waals surface area contributed by atoms with E-state index in [4.69, 9.17) is 17.3 Å². The number of fused-ring (bicyclic) bond motifs is 1. The Balaban J connectivity index is 1.55. The molecular formula is C26H24ClFN6O4. The monoisotopic (exact) mass is 538 g/mol. The van der Waals surface area contributed by atoms with Crippen LogP contribution in [0.15, 0.2) is 60.9 Å². The Bertz CT molecular complexity index is 1520. The molecule has 2 heterocycles. The molecule has 0 saturated carbocycles. The maximum Gasteiger partial charge on any atom is 0.269 e.